The fourth-order valence-corrected chi connectivity index (χ4v) is 3.56. The molecule has 0 unspecified atom stereocenters. The molecule has 0 radical (unpaired) electrons. The topological polar surface area (TPSA) is 49.2 Å². The summed E-state index contributed by atoms with van der Waals surface area (Å²) < 4.78 is 12.9. The van der Waals surface area contributed by atoms with Crippen LogP contribution in [-0.2, 0) is 12.3 Å². The first-order chi connectivity index (χ1) is 12.3. The average Bonchev–Trinajstić information content (AvgIpc) is 3.27. The summed E-state index contributed by atoms with van der Waals surface area (Å²) in [5.41, 5.74) is 2.20. The number of fused-ring (bicyclic) bond motifs is 1. The third-order valence-electron chi connectivity index (χ3n) is 3.87. The molecule has 25 heavy (non-hydrogen) atoms. The number of nitrogens with zero attached hydrogens (tertiary/aromatic N) is 3. The Labute approximate surface area is 150 Å². The van der Waals surface area contributed by atoms with Crippen LogP contribution in [0.1, 0.15) is 5.56 Å². The first-order valence-corrected chi connectivity index (χ1v) is 8.94. The molecule has 126 valence electrons. The van der Waals surface area contributed by atoms with Gasteiger partial charge in [-0.15, -0.1) is 16.8 Å². The highest BCUT2D eigenvalue weighted by Gasteiger charge is 2.16. The van der Waals surface area contributed by atoms with Crippen LogP contribution in [0.4, 0.5) is 0 Å². The number of ether oxygens (including phenoxy) is 2. The molecule has 3 aromatic rings. The third-order valence-corrected chi connectivity index (χ3v) is 4.90. The zero-order valence-electron chi connectivity index (χ0n) is 13.6. The molecule has 1 aliphatic heterocycles. The maximum atomic E-state index is 5.44. The van der Waals surface area contributed by atoms with Crippen LogP contribution < -0.4 is 9.47 Å². The number of rotatable bonds is 6. The highest BCUT2D eigenvalue weighted by Crippen LogP contribution is 2.34. The Morgan fingerprint density at radius 3 is 2.76 bits per heavy atom. The molecular formula is C19H17N3O2S. The van der Waals surface area contributed by atoms with Gasteiger partial charge in [-0.05, 0) is 17.7 Å². The summed E-state index contributed by atoms with van der Waals surface area (Å²) in [5.74, 6) is 3.24. The van der Waals surface area contributed by atoms with E-state index in [0.717, 1.165) is 39.4 Å². The minimum absolute atomic E-state index is 0.292. The fraction of sp³-hybridized carbons (Fsp3) is 0.158. The minimum atomic E-state index is 0.292. The van der Waals surface area contributed by atoms with Crippen LogP contribution in [-0.4, -0.2) is 21.6 Å². The van der Waals surface area contributed by atoms with Gasteiger partial charge < -0.3 is 9.47 Å². The monoisotopic (exact) mass is 351 g/mol. The molecule has 1 aromatic heterocycles. The van der Waals surface area contributed by atoms with E-state index in [9.17, 15) is 0 Å². The quantitative estimate of drug-likeness (QED) is 0.493. The van der Waals surface area contributed by atoms with Crippen molar-refractivity contribution in [3.63, 3.8) is 0 Å². The lowest BCUT2D eigenvalue weighted by atomic mass is 10.2. The van der Waals surface area contributed by atoms with Crippen LogP contribution in [0.3, 0.4) is 0 Å². The van der Waals surface area contributed by atoms with Crippen molar-refractivity contribution in [1.29, 1.82) is 0 Å². The molecule has 0 bridgehead atoms. The van der Waals surface area contributed by atoms with Gasteiger partial charge in [-0.1, -0.05) is 54.2 Å². The third kappa shape index (κ3) is 3.25. The van der Waals surface area contributed by atoms with Gasteiger partial charge in [0.1, 0.15) is 0 Å². The Morgan fingerprint density at radius 2 is 1.92 bits per heavy atom. The number of hydrogen-bond donors (Lipinski definition) is 0. The van der Waals surface area contributed by atoms with E-state index in [1.165, 1.54) is 0 Å². The Balaban J connectivity index is 1.56. The molecule has 6 heteroatoms. The summed E-state index contributed by atoms with van der Waals surface area (Å²) >= 11 is 1.65. The van der Waals surface area contributed by atoms with Gasteiger partial charge in [-0.25, -0.2) is 0 Å². The molecule has 0 N–H and O–H groups in total. The molecule has 0 spiro atoms. The zero-order valence-corrected chi connectivity index (χ0v) is 14.4. The standard InChI is InChI=1S/C19H17N3O2S/c1-2-10-22-18(15-6-4-3-5-7-15)20-21-19(22)25-12-14-8-9-16-17(11-14)24-13-23-16/h2-9,11H,1,10,12-13H2. The van der Waals surface area contributed by atoms with E-state index in [1.807, 2.05) is 54.6 Å². The van der Waals surface area contributed by atoms with Crippen molar-refractivity contribution < 1.29 is 9.47 Å². The molecule has 5 nitrogen and oxygen atoms in total. The predicted molar refractivity (Wildman–Crippen MR) is 97.8 cm³/mol. The first kappa shape index (κ1) is 15.8. The van der Waals surface area contributed by atoms with Gasteiger partial charge in [-0.2, -0.15) is 0 Å². The van der Waals surface area contributed by atoms with E-state index in [-0.39, 0.29) is 0 Å². The number of hydrogen-bond acceptors (Lipinski definition) is 5. The Kier molecular flexibility index (Phi) is 4.43. The minimum Gasteiger partial charge on any atom is -0.454 e. The number of thioether (sulfide) groups is 1. The van der Waals surface area contributed by atoms with Gasteiger partial charge in [0.25, 0.3) is 0 Å². The number of allylic oxidation sites excluding steroid dienone is 1. The van der Waals surface area contributed by atoms with Crippen LogP contribution in [0, 0.1) is 0 Å². The second-order valence-corrected chi connectivity index (χ2v) is 6.49. The molecule has 0 saturated heterocycles. The SMILES string of the molecule is C=CCn1c(SCc2ccc3c(c2)OCO3)nnc1-c1ccccc1. The van der Waals surface area contributed by atoms with Crippen molar-refractivity contribution in [2.24, 2.45) is 0 Å². The summed E-state index contributed by atoms with van der Waals surface area (Å²) in [6.45, 7) is 4.81. The normalized spacial score (nSPS) is 12.3. The van der Waals surface area contributed by atoms with Crippen molar-refractivity contribution in [3.8, 4) is 22.9 Å². The van der Waals surface area contributed by atoms with Gasteiger partial charge in [0.15, 0.2) is 22.5 Å². The van der Waals surface area contributed by atoms with Gasteiger partial charge >= 0.3 is 0 Å². The highest BCUT2D eigenvalue weighted by molar-refractivity contribution is 7.98. The molecule has 0 fully saturated rings. The second kappa shape index (κ2) is 7.03. The van der Waals surface area contributed by atoms with Crippen molar-refractivity contribution in [2.75, 3.05) is 6.79 Å². The lowest BCUT2D eigenvalue weighted by Gasteiger charge is -2.08. The molecule has 1 aliphatic rings. The van der Waals surface area contributed by atoms with Gasteiger partial charge in [0.05, 0.1) is 0 Å². The molecule has 2 aromatic carbocycles. The summed E-state index contributed by atoms with van der Waals surface area (Å²) in [4.78, 5) is 0. The molecule has 2 heterocycles. The Hall–Kier alpha value is -2.73. The largest absolute Gasteiger partial charge is 0.454 e. The lowest BCUT2D eigenvalue weighted by molar-refractivity contribution is 0.174. The van der Waals surface area contributed by atoms with E-state index < -0.39 is 0 Å². The zero-order chi connectivity index (χ0) is 17.1. The maximum Gasteiger partial charge on any atom is 0.231 e. The Bertz CT molecular complexity index is 893. The van der Waals surface area contributed by atoms with Gasteiger partial charge in [-0.3, -0.25) is 4.57 Å². The Morgan fingerprint density at radius 1 is 1.08 bits per heavy atom. The van der Waals surface area contributed by atoms with E-state index in [4.69, 9.17) is 9.47 Å². The fourth-order valence-electron chi connectivity index (χ4n) is 2.67. The maximum absolute atomic E-state index is 5.44. The van der Waals surface area contributed by atoms with Crippen LogP contribution in [0.2, 0.25) is 0 Å². The number of aromatic nitrogens is 3. The van der Waals surface area contributed by atoms with Crippen LogP contribution >= 0.6 is 11.8 Å². The molecule has 0 amide bonds. The summed E-state index contributed by atoms with van der Waals surface area (Å²) in [7, 11) is 0. The highest BCUT2D eigenvalue weighted by atomic mass is 32.2. The molecule has 4 rings (SSSR count). The van der Waals surface area contributed by atoms with Crippen LogP contribution in [0.5, 0.6) is 11.5 Å². The van der Waals surface area contributed by atoms with E-state index in [0.29, 0.717) is 13.3 Å². The van der Waals surface area contributed by atoms with Gasteiger partial charge in [0.2, 0.25) is 6.79 Å². The van der Waals surface area contributed by atoms with Crippen molar-refractivity contribution in [1.82, 2.24) is 14.8 Å². The van der Waals surface area contributed by atoms with Crippen molar-refractivity contribution in [2.45, 2.75) is 17.5 Å². The molecule has 0 atom stereocenters. The van der Waals surface area contributed by atoms with Gasteiger partial charge in [0, 0.05) is 17.9 Å². The smallest absolute Gasteiger partial charge is 0.231 e. The summed E-state index contributed by atoms with van der Waals surface area (Å²) in [5, 5.41) is 9.62. The van der Waals surface area contributed by atoms with E-state index >= 15 is 0 Å². The summed E-state index contributed by atoms with van der Waals surface area (Å²) in [6.07, 6.45) is 1.86. The van der Waals surface area contributed by atoms with Crippen molar-refractivity contribution >= 4 is 11.8 Å². The molecular weight excluding hydrogens is 334 g/mol. The van der Waals surface area contributed by atoms with Crippen molar-refractivity contribution in [3.05, 3.63) is 66.7 Å². The predicted octanol–water partition coefficient (Wildman–Crippen LogP) is 4.15. The second-order valence-electron chi connectivity index (χ2n) is 5.55. The van der Waals surface area contributed by atoms with Crippen LogP contribution in [0.15, 0.2) is 66.3 Å². The first-order valence-electron chi connectivity index (χ1n) is 7.96. The number of benzene rings is 2. The average molecular weight is 351 g/mol. The van der Waals surface area contributed by atoms with E-state index in [1.54, 1.807) is 11.8 Å². The lowest BCUT2D eigenvalue weighted by Crippen LogP contribution is -2.00. The van der Waals surface area contributed by atoms with E-state index in [2.05, 4.69) is 21.3 Å². The summed E-state index contributed by atoms with van der Waals surface area (Å²) in [6, 6.07) is 16.1. The molecule has 0 aliphatic carbocycles. The van der Waals surface area contributed by atoms with Crippen LogP contribution in [0.25, 0.3) is 11.4 Å². The molecule has 0 saturated carbocycles.